The Balaban J connectivity index is 2.62. The van der Waals surface area contributed by atoms with Gasteiger partial charge < -0.3 is 0 Å². The minimum absolute atomic E-state index is 0.401. The summed E-state index contributed by atoms with van der Waals surface area (Å²) < 4.78 is 1.15. The van der Waals surface area contributed by atoms with Crippen LogP contribution in [0.3, 0.4) is 0 Å². The third kappa shape index (κ3) is 2.48. The topological polar surface area (TPSA) is 0 Å². The number of benzene rings is 2. The summed E-state index contributed by atoms with van der Waals surface area (Å²) in [5.74, 6) is 0. The van der Waals surface area contributed by atoms with E-state index in [1.54, 1.807) is 0 Å². The van der Waals surface area contributed by atoms with E-state index in [2.05, 4.69) is 22.6 Å². The van der Waals surface area contributed by atoms with Gasteiger partial charge in [0, 0.05) is 3.57 Å². The monoisotopic (exact) mass is 382 g/mol. The summed E-state index contributed by atoms with van der Waals surface area (Å²) in [5.41, 5.74) is 2.08. The van der Waals surface area contributed by atoms with Crippen LogP contribution in [0.5, 0.6) is 0 Å². The van der Waals surface area contributed by atoms with E-state index in [0.717, 1.165) is 14.7 Å². The second-order valence-corrected chi connectivity index (χ2v) is 5.59. The summed E-state index contributed by atoms with van der Waals surface area (Å²) in [6, 6.07) is 11.7. The molecule has 0 atom stereocenters. The molecule has 0 amide bonds. The zero-order valence-corrected chi connectivity index (χ0v) is 12.4. The number of halogens is 4. The van der Waals surface area contributed by atoms with E-state index in [-0.39, 0.29) is 0 Å². The lowest BCUT2D eigenvalue weighted by Gasteiger charge is -2.07. The Morgan fingerprint density at radius 1 is 0.875 bits per heavy atom. The van der Waals surface area contributed by atoms with Crippen LogP contribution in [0.1, 0.15) is 0 Å². The first-order valence-electron chi connectivity index (χ1n) is 4.49. The summed E-state index contributed by atoms with van der Waals surface area (Å²) in [4.78, 5) is 0. The van der Waals surface area contributed by atoms with Gasteiger partial charge in [-0.1, -0.05) is 53.0 Å². The van der Waals surface area contributed by atoms with Crippen LogP contribution in [0, 0.1) is 3.57 Å². The van der Waals surface area contributed by atoms with Gasteiger partial charge in [-0.05, 0) is 51.9 Å². The lowest BCUT2D eigenvalue weighted by atomic mass is 10.1. The van der Waals surface area contributed by atoms with Gasteiger partial charge in [-0.3, -0.25) is 0 Å². The lowest BCUT2D eigenvalue weighted by molar-refractivity contribution is 1.58. The summed E-state index contributed by atoms with van der Waals surface area (Å²) in [6.45, 7) is 0. The van der Waals surface area contributed by atoms with Crippen molar-refractivity contribution in [3.05, 3.63) is 55.0 Å². The van der Waals surface area contributed by atoms with Crippen molar-refractivity contribution in [3.63, 3.8) is 0 Å². The third-order valence-corrected chi connectivity index (χ3v) is 4.31. The minimum atomic E-state index is 0.401. The molecular weight excluding hydrogens is 377 g/mol. The van der Waals surface area contributed by atoms with Crippen LogP contribution < -0.4 is 0 Å². The molecule has 4 heteroatoms. The van der Waals surface area contributed by atoms with Crippen molar-refractivity contribution < 1.29 is 0 Å². The first-order valence-corrected chi connectivity index (χ1v) is 6.70. The van der Waals surface area contributed by atoms with Crippen LogP contribution in [-0.2, 0) is 0 Å². The highest BCUT2D eigenvalue weighted by Crippen LogP contribution is 2.36. The van der Waals surface area contributed by atoms with Crippen LogP contribution in [0.4, 0.5) is 0 Å². The summed E-state index contributed by atoms with van der Waals surface area (Å²) in [6.07, 6.45) is 0. The Hall–Kier alpha value is 0.0400. The highest BCUT2D eigenvalue weighted by atomic mass is 127. The van der Waals surface area contributed by atoms with E-state index in [9.17, 15) is 0 Å². The average Bonchev–Trinajstić information content (AvgIpc) is 2.26. The van der Waals surface area contributed by atoms with Gasteiger partial charge >= 0.3 is 0 Å². The van der Waals surface area contributed by atoms with E-state index in [1.807, 2.05) is 36.4 Å². The fourth-order valence-corrected chi connectivity index (χ4v) is 2.70. The molecule has 82 valence electrons. The molecule has 0 aromatic heterocycles. The van der Waals surface area contributed by atoms with E-state index < -0.39 is 0 Å². The van der Waals surface area contributed by atoms with E-state index >= 15 is 0 Å². The molecule has 0 spiro atoms. The predicted octanol–water partition coefficient (Wildman–Crippen LogP) is 5.92. The van der Waals surface area contributed by atoms with Gasteiger partial charge in [0.05, 0.1) is 15.1 Å². The molecule has 0 heterocycles. The average molecular weight is 383 g/mol. The molecule has 0 nitrogen and oxygen atoms in total. The second kappa shape index (κ2) is 5.13. The van der Waals surface area contributed by atoms with Gasteiger partial charge in [0.25, 0.3) is 0 Å². The maximum Gasteiger partial charge on any atom is 0.0778 e. The van der Waals surface area contributed by atoms with E-state index in [4.69, 9.17) is 34.8 Å². The molecule has 0 unspecified atom stereocenters. The van der Waals surface area contributed by atoms with Crippen LogP contribution in [0.25, 0.3) is 11.1 Å². The standard InChI is InChI=1S/C12H6Cl3I/c13-9-5-7(6-10(14)12(9)15)8-3-1-2-4-11(8)16/h1-6H. The molecule has 2 aromatic carbocycles. The van der Waals surface area contributed by atoms with Crippen molar-refractivity contribution >= 4 is 57.4 Å². The number of hydrogen-bond donors (Lipinski definition) is 0. The quantitative estimate of drug-likeness (QED) is 0.424. The first-order chi connectivity index (χ1) is 7.59. The Bertz CT molecular complexity index is 515. The van der Waals surface area contributed by atoms with Gasteiger partial charge in [-0.2, -0.15) is 0 Å². The maximum absolute atomic E-state index is 6.00. The molecule has 0 fully saturated rings. The molecule has 2 aromatic rings. The van der Waals surface area contributed by atoms with E-state index in [0.29, 0.717) is 15.1 Å². The minimum Gasteiger partial charge on any atom is -0.0826 e. The zero-order chi connectivity index (χ0) is 11.7. The zero-order valence-electron chi connectivity index (χ0n) is 7.98. The summed E-state index contributed by atoms with van der Waals surface area (Å²) in [5, 5.41) is 1.35. The van der Waals surface area contributed by atoms with Crippen LogP contribution >= 0.6 is 57.4 Å². The number of hydrogen-bond acceptors (Lipinski definition) is 0. The van der Waals surface area contributed by atoms with Crippen LogP contribution in [0.15, 0.2) is 36.4 Å². The Morgan fingerprint density at radius 2 is 1.44 bits per heavy atom. The molecule has 0 aliphatic heterocycles. The van der Waals surface area contributed by atoms with Crippen molar-refractivity contribution in [3.8, 4) is 11.1 Å². The predicted molar refractivity (Wildman–Crippen MR) is 79.6 cm³/mol. The fourth-order valence-electron chi connectivity index (χ4n) is 1.41. The first kappa shape index (κ1) is 12.5. The summed E-state index contributed by atoms with van der Waals surface area (Å²) in [7, 11) is 0. The second-order valence-electron chi connectivity index (χ2n) is 3.23. The molecule has 0 saturated heterocycles. The highest BCUT2D eigenvalue weighted by Gasteiger charge is 2.08. The van der Waals surface area contributed by atoms with Crippen molar-refractivity contribution in [1.29, 1.82) is 0 Å². The van der Waals surface area contributed by atoms with Crippen LogP contribution in [-0.4, -0.2) is 0 Å². The molecule has 2 rings (SSSR count). The van der Waals surface area contributed by atoms with Crippen molar-refractivity contribution in [2.75, 3.05) is 0 Å². The van der Waals surface area contributed by atoms with E-state index in [1.165, 1.54) is 0 Å². The molecule has 16 heavy (non-hydrogen) atoms. The van der Waals surface area contributed by atoms with Gasteiger partial charge in [0.1, 0.15) is 0 Å². The smallest absolute Gasteiger partial charge is 0.0778 e. The Morgan fingerprint density at radius 3 is 2.00 bits per heavy atom. The highest BCUT2D eigenvalue weighted by molar-refractivity contribution is 14.1. The van der Waals surface area contributed by atoms with Crippen molar-refractivity contribution in [2.24, 2.45) is 0 Å². The van der Waals surface area contributed by atoms with Crippen molar-refractivity contribution in [1.82, 2.24) is 0 Å². The van der Waals surface area contributed by atoms with Gasteiger partial charge in [0.15, 0.2) is 0 Å². The molecule has 0 aliphatic rings. The Kier molecular flexibility index (Phi) is 4.01. The molecule has 0 saturated carbocycles. The fraction of sp³-hybridized carbons (Fsp3) is 0. The normalized spacial score (nSPS) is 10.5. The van der Waals surface area contributed by atoms with Gasteiger partial charge in [-0.25, -0.2) is 0 Å². The van der Waals surface area contributed by atoms with Crippen molar-refractivity contribution in [2.45, 2.75) is 0 Å². The largest absolute Gasteiger partial charge is 0.0826 e. The molecular formula is C12H6Cl3I. The molecule has 0 N–H and O–H groups in total. The molecule has 0 radical (unpaired) electrons. The molecule has 0 bridgehead atoms. The SMILES string of the molecule is Clc1cc(-c2ccccc2I)cc(Cl)c1Cl. The lowest BCUT2D eigenvalue weighted by Crippen LogP contribution is -1.83. The van der Waals surface area contributed by atoms with Gasteiger partial charge in [0.2, 0.25) is 0 Å². The molecule has 0 aliphatic carbocycles. The summed E-state index contributed by atoms with van der Waals surface area (Å²) >= 11 is 20.2. The van der Waals surface area contributed by atoms with Gasteiger partial charge in [-0.15, -0.1) is 0 Å². The number of rotatable bonds is 1. The van der Waals surface area contributed by atoms with Crippen LogP contribution in [0.2, 0.25) is 15.1 Å². The maximum atomic E-state index is 6.00. The Labute approximate surface area is 123 Å². The third-order valence-electron chi connectivity index (χ3n) is 2.17.